The Morgan fingerprint density at radius 1 is 0.182 bits per heavy atom. The van der Waals surface area contributed by atoms with Crippen molar-refractivity contribution in [3.63, 3.8) is 0 Å². The minimum atomic E-state index is -2.92. The summed E-state index contributed by atoms with van der Waals surface area (Å²) in [5, 5.41) is 44.2. The number of carbonyl (C=O) groups is 7. The molecule has 7 amide bonds. The van der Waals surface area contributed by atoms with Crippen molar-refractivity contribution in [2.75, 3.05) is 435 Å². The molecule has 0 aliphatic rings. The smallest absolute Gasteiger partial charge is 0.500 e. The molecular weight excluding hydrogens is 2100 g/mol. The van der Waals surface area contributed by atoms with Gasteiger partial charge in [0.05, 0.1) is 148 Å². The number of ether oxygens (including phenoxy) is 7. The van der Waals surface area contributed by atoms with E-state index < -0.39 is 112 Å². The maximum Gasteiger partial charge on any atom is 0.500 e. The Morgan fingerprint density at radius 3 is 0.318 bits per heavy atom. The number of nitrogens with one attached hydrogen (secondary N) is 7. The van der Waals surface area contributed by atoms with E-state index in [4.69, 9.17) is 141 Å². The fraction of sp³-hybridized carbons (Fsp3) is 0.917. The first-order valence-electron chi connectivity index (χ1n) is 47.3. The van der Waals surface area contributed by atoms with Crippen LogP contribution >= 0.6 is 0 Å². The molecule has 0 atom stereocenters. The molecule has 52 nitrogen and oxygen atoms in total. The fourth-order valence-electron chi connectivity index (χ4n) is 10.6. The summed E-state index contributed by atoms with van der Waals surface area (Å²) in [6, 6.07) is 4.54. The fourth-order valence-corrected chi connectivity index (χ4v) is 22.7. The van der Waals surface area contributed by atoms with Crippen LogP contribution in [0.2, 0.25) is 42.3 Å². The van der Waals surface area contributed by atoms with E-state index in [-0.39, 0.29) is 18.8 Å². The number of amides is 7. The maximum atomic E-state index is 11.4. The molecule has 0 radical (unpaired) electrons. The lowest BCUT2D eigenvalue weighted by molar-refractivity contribution is -0.870. The van der Waals surface area contributed by atoms with Crippen LogP contribution in [0.1, 0.15) is 44.9 Å². The van der Waals surface area contributed by atoms with Gasteiger partial charge in [-0.1, -0.05) is 0 Å². The molecule has 0 saturated carbocycles. The van der Waals surface area contributed by atoms with Crippen molar-refractivity contribution in [3.8, 4) is 0 Å². The van der Waals surface area contributed by atoms with Crippen molar-refractivity contribution in [3.05, 3.63) is 0 Å². The number of nitrogens with zero attached hydrogens (tertiary/aromatic N) is 7. The van der Waals surface area contributed by atoms with Crippen LogP contribution in [-0.4, -0.2) is 578 Å². The summed E-state index contributed by atoms with van der Waals surface area (Å²) in [5.74, 6) is 0. The van der Waals surface area contributed by atoms with Crippen LogP contribution in [0.25, 0.3) is 0 Å². The molecule has 0 spiro atoms. The largest absolute Gasteiger partial charge is 1.00 e. The van der Waals surface area contributed by atoms with Gasteiger partial charge in [-0.05, 0) is 44.9 Å². The quantitative estimate of drug-likeness (QED) is 0.00977. The first-order valence-corrected chi connectivity index (χ1v) is 60.8. The number of halogens is 4. The topological polar surface area (TPSA) is 531 Å². The summed E-state index contributed by atoms with van der Waals surface area (Å²) in [4.78, 5) is 80.1. The molecule has 0 aromatic heterocycles. The van der Waals surface area contributed by atoms with Gasteiger partial charge in [-0.25, -0.2) is 33.6 Å². The second-order valence-electron chi connectivity index (χ2n) is 38.6. The number of carbonyl (C=O) groups excluding carboxylic acids is 7. The Hall–Kier alpha value is -5.05. The molecule has 0 aliphatic carbocycles. The van der Waals surface area contributed by atoms with Gasteiger partial charge in [0.2, 0.25) is 0 Å². The third kappa shape index (κ3) is 104. The van der Waals surface area contributed by atoms with Gasteiger partial charge in [0.1, 0.15) is 92.1 Å². The minimum absolute atomic E-state index is 0. The lowest BCUT2D eigenvalue weighted by Gasteiger charge is -2.35. The van der Waals surface area contributed by atoms with Gasteiger partial charge in [-0.15, -0.1) is 0 Å². The van der Waals surface area contributed by atoms with Crippen LogP contribution in [0.5, 0.6) is 0 Å². The van der Waals surface area contributed by atoms with Crippen molar-refractivity contribution < 1.29 is 225 Å². The molecule has 0 heterocycles. The summed E-state index contributed by atoms with van der Waals surface area (Å²) in [6.45, 7) is 11.8. The van der Waals surface area contributed by atoms with Crippen LogP contribution in [-0.2, 0) is 126 Å². The predicted molar refractivity (Wildman–Crippen MR) is 555 cm³/mol. The Bertz CT molecular complexity index is 2540. The molecule has 148 heavy (non-hydrogen) atoms. The normalized spacial score (nSPS) is 11.8. The lowest BCUT2D eigenvalue weighted by Crippen LogP contribution is -3.00. The highest BCUT2D eigenvalue weighted by molar-refractivity contribution is 6.62. The number of hydrogen-bond donors (Lipinski definition) is 7. The van der Waals surface area contributed by atoms with E-state index in [1.807, 2.05) is 148 Å². The van der Waals surface area contributed by atoms with Crippen molar-refractivity contribution in [2.45, 2.75) is 87.3 Å². The van der Waals surface area contributed by atoms with E-state index in [1.54, 1.807) is 149 Å². The Balaban J connectivity index is -0.000000144. The first-order chi connectivity index (χ1) is 66.7. The van der Waals surface area contributed by atoms with E-state index in [0.29, 0.717) is 179 Å². The van der Waals surface area contributed by atoms with Crippen LogP contribution in [0.15, 0.2) is 0 Å². The van der Waals surface area contributed by atoms with Crippen LogP contribution < -0.4 is 71.1 Å². The molecule has 7 N–H and O–H groups in total. The second kappa shape index (κ2) is 94.3. The van der Waals surface area contributed by atoms with Crippen molar-refractivity contribution >= 4 is 112 Å². The summed E-state index contributed by atoms with van der Waals surface area (Å²) in [7, 11) is 55.4. The van der Waals surface area contributed by atoms with Crippen LogP contribution in [0, 0.1) is 0 Å². The highest BCUT2D eigenvalue weighted by atomic mass is 28.4. The van der Waals surface area contributed by atoms with Gasteiger partial charge in [0, 0.05) is 237 Å². The average molecular weight is 2300 g/mol. The van der Waals surface area contributed by atoms with Crippen molar-refractivity contribution in [1.29, 1.82) is 0 Å². The minimum Gasteiger partial charge on any atom is -1.00 e. The SMILES string of the molecule is CO[Si](CCCNC(=O)OCC[N+](C)(C)C)(OC)OC.CO[Si](CCCNC(=O)OCC[N+](C)(C)C)(OC)OC.CO[Si](CCCNC(=O)OCC[N+](C)(C)C)(OC)OC.CO[Si](CCCNC(=O)OCC[N+](C)(C)C)(OC)OC.CO[Si](CCCNC(=O)OCC[N+](C)(C)C)(OC)OC.CO[Si](CCCNC(=O)OCC[N+](C)(C)C)(OC)OC.CO[Si](CCCNC(=O)OCC[N+](C)(C)C)(OC)OC.[F-].[F-].[F-].[F-].[O-]B([O-])[O-]. The molecule has 0 aromatic rings. The van der Waals surface area contributed by atoms with Crippen LogP contribution in [0.4, 0.5) is 33.6 Å². The molecule has 0 unspecified atom stereocenters. The second-order valence-corrected chi connectivity index (χ2v) is 60.3. The number of likely N-dealkylation sites (N-methyl/N-ethyl adjacent to an activating group) is 7. The number of quaternary nitrogens is 7. The van der Waals surface area contributed by atoms with Gasteiger partial charge < -0.3 is 229 Å². The summed E-state index contributed by atoms with van der Waals surface area (Å²) in [5.41, 5.74) is 0. The zero-order valence-corrected chi connectivity index (χ0v) is 105. The Morgan fingerprint density at radius 2 is 0.257 bits per heavy atom. The third-order valence-corrected chi connectivity index (χ3v) is 39.8. The molecule has 0 aliphatic heterocycles. The van der Waals surface area contributed by atoms with E-state index >= 15 is 0 Å². The molecule has 0 aromatic carbocycles. The summed E-state index contributed by atoms with van der Waals surface area (Å²) < 4.78 is 152. The molecule has 0 rings (SSSR count). The Kier molecular flexibility index (Phi) is 107. The summed E-state index contributed by atoms with van der Waals surface area (Å²) in [6.07, 6.45) is 2.27. The lowest BCUT2D eigenvalue weighted by atomic mass is 10.3. The van der Waals surface area contributed by atoms with Gasteiger partial charge in [0.25, 0.3) is 0 Å². The number of hydrogen-bond acceptors (Lipinski definition) is 38. The van der Waals surface area contributed by atoms with E-state index in [1.165, 1.54) is 0 Å². The number of alkyl carbamates (subject to hydrolysis) is 7. The monoisotopic (exact) mass is 2300 g/mol. The average Bonchev–Trinajstić information content (AvgIpc) is 0.917. The first kappa shape index (κ1) is 168. The van der Waals surface area contributed by atoms with Crippen molar-refractivity contribution in [2.24, 2.45) is 0 Å². The zero-order valence-electron chi connectivity index (χ0n) is 98.0. The Labute approximate surface area is 891 Å². The van der Waals surface area contributed by atoms with Gasteiger partial charge in [-0.2, -0.15) is 0 Å². The molecule has 0 bridgehead atoms. The van der Waals surface area contributed by atoms with Gasteiger partial charge in [0.15, 0.2) is 0 Å². The number of rotatable bonds is 70. The molecule has 0 saturated heterocycles. The van der Waals surface area contributed by atoms with Crippen LogP contribution in [0.3, 0.4) is 0 Å². The molecule has 64 heteroatoms. The van der Waals surface area contributed by atoms with Gasteiger partial charge >= 0.3 is 104 Å². The maximum absolute atomic E-state index is 11.4. The highest BCUT2D eigenvalue weighted by Gasteiger charge is 2.42. The molecule has 896 valence electrons. The predicted octanol–water partition coefficient (Wildman–Crippen LogP) is -11.1. The zero-order chi connectivity index (χ0) is 113. The van der Waals surface area contributed by atoms with E-state index in [9.17, 15) is 33.6 Å². The van der Waals surface area contributed by atoms with Gasteiger partial charge in [-0.3, -0.25) is 7.32 Å². The third-order valence-electron chi connectivity index (χ3n) is 20.0. The highest BCUT2D eigenvalue weighted by Crippen LogP contribution is 2.21. The summed E-state index contributed by atoms with van der Waals surface area (Å²) >= 11 is 0. The molecular formula is C84H203BF4N14O38Si7. The van der Waals surface area contributed by atoms with E-state index in [2.05, 4.69) is 37.2 Å². The standard InChI is InChI=1S/7C12H28N2O5Si.BO3.4FH/c7*1-14(2,3)9-10-19-12(15)13-8-7-11-20(16-4,17-5)18-6;2-1(3)4;;;;/h7*7-11H2,1-6H3;;4*1H/q;;;;;;;-3;;;;/p+3. The molecule has 0 fully saturated rings. The van der Waals surface area contributed by atoms with E-state index in [0.717, 1.165) is 77.2 Å². The van der Waals surface area contributed by atoms with Crippen molar-refractivity contribution in [1.82, 2.24) is 37.2 Å².